The van der Waals surface area contributed by atoms with Gasteiger partial charge in [-0.15, -0.1) is 0 Å². The van der Waals surface area contributed by atoms with Crippen molar-refractivity contribution in [2.24, 2.45) is 11.3 Å². The van der Waals surface area contributed by atoms with Crippen LogP contribution >= 0.6 is 0 Å². The Hall–Kier alpha value is -0.370. The van der Waals surface area contributed by atoms with Crippen LogP contribution in [0.5, 0.6) is 0 Å². The Morgan fingerprint density at radius 3 is 1.68 bits per heavy atom. The molecule has 1 saturated heterocycles. The van der Waals surface area contributed by atoms with E-state index in [0.717, 1.165) is 18.7 Å². The normalized spacial score (nSPS) is 24.5. The number of hydrogen-bond acceptors (Lipinski definition) is 2. The molecule has 1 unspecified atom stereocenters. The zero-order chi connectivity index (χ0) is 20.5. The highest BCUT2D eigenvalue weighted by atomic mass is 16.1. The van der Waals surface area contributed by atoms with Crippen LogP contribution in [0.25, 0.3) is 0 Å². The van der Waals surface area contributed by atoms with Gasteiger partial charge in [-0.1, -0.05) is 111 Å². The van der Waals surface area contributed by atoms with Crippen LogP contribution in [0.4, 0.5) is 0 Å². The van der Waals surface area contributed by atoms with Crippen molar-refractivity contribution >= 4 is 6.29 Å². The number of aldehydes is 1. The van der Waals surface area contributed by atoms with Gasteiger partial charge in [-0.25, -0.2) is 0 Å². The van der Waals surface area contributed by atoms with Crippen LogP contribution in [-0.4, -0.2) is 30.8 Å². The Morgan fingerprint density at radius 2 is 1.18 bits per heavy atom. The smallest absolute Gasteiger partial charge is 0.120 e. The molecule has 2 nitrogen and oxygen atoms in total. The van der Waals surface area contributed by atoms with Crippen molar-refractivity contribution in [2.45, 2.75) is 130 Å². The molecule has 1 atom stereocenters. The third-order valence-electron chi connectivity index (χ3n) is 6.65. The fraction of sp³-hybridized carbons (Fsp3) is 0.962. The first-order chi connectivity index (χ1) is 13.5. The third-order valence-corrected chi connectivity index (χ3v) is 6.65. The average Bonchev–Trinajstić information content (AvgIpc) is 2.64. The zero-order valence-corrected chi connectivity index (χ0v) is 19.7. The van der Waals surface area contributed by atoms with E-state index in [4.69, 9.17) is 0 Å². The van der Waals surface area contributed by atoms with Crippen molar-refractivity contribution in [1.82, 2.24) is 4.90 Å². The van der Waals surface area contributed by atoms with Crippen molar-refractivity contribution in [3.63, 3.8) is 0 Å². The Morgan fingerprint density at radius 1 is 0.714 bits per heavy atom. The minimum Gasteiger partial charge on any atom is -0.303 e. The lowest BCUT2D eigenvalue weighted by molar-refractivity contribution is -0.109. The predicted octanol–water partition coefficient (Wildman–Crippen LogP) is 7.79. The number of hydrogen-bond donors (Lipinski definition) is 0. The quantitative estimate of drug-likeness (QED) is 0.454. The van der Waals surface area contributed by atoms with E-state index < -0.39 is 0 Å². The number of nitrogens with zero attached hydrogens (tertiary/aromatic N) is 1. The van der Waals surface area contributed by atoms with E-state index in [1.807, 2.05) is 0 Å². The van der Waals surface area contributed by atoms with Gasteiger partial charge < -0.3 is 9.69 Å². The molecule has 0 N–H and O–H groups in total. The van der Waals surface area contributed by atoms with Gasteiger partial charge in [0.2, 0.25) is 0 Å². The van der Waals surface area contributed by atoms with Crippen molar-refractivity contribution in [3.05, 3.63) is 0 Å². The second kappa shape index (κ2) is 16.4. The van der Waals surface area contributed by atoms with Gasteiger partial charge in [0, 0.05) is 13.0 Å². The van der Waals surface area contributed by atoms with Gasteiger partial charge in [-0.05, 0) is 37.3 Å². The van der Waals surface area contributed by atoms with Crippen LogP contribution in [0.2, 0.25) is 0 Å². The largest absolute Gasteiger partial charge is 0.303 e. The molecule has 0 aromatic heterocycles. The van der Waals surface area contributed by atoms with E-state index in [1.54, 1.807) is 0 Å². The lowest BCUT2D eigenvalue weighted by atomic mass is 9.89. The molecule has 1 rings (SSSR count). The number of carbonyl (C=O) groups is 1. The van der Waals surface area contributed by atoms with Gasteiger partial charge in [0.05, 0.1) is 0 Å². The van der Waals surface area contributed by atoms with Crippen LogP contribution in [0.1, 0.15) is 130 Å². The minimum absolute atomic E-state index is 0.110. The van der Waals surface area contributed by atoms with Gasteiger partial charge in [0.1, 0.15) is 6.29 Å². The van der Waals surface area contributed by atoms with Crippen molar-refractivity contribution in [3.8, 4) is 0 Å². The summed E-state index contributed by atoms with van der Waals surface area (Å²) < 4.78 is 0. The summed E-state index contributed by atoms with van der Waals surface area (Å²) in [6, 6.07) is 0. The zero-order valence-electron chi connectivity index (χ0n) is 19.7. The van der Waals surface area contributed by atoms with Gasteiger partial charge in [0.15, 0.2) is 0 Å². The van der Waals surface area contributed by atoms with Crippen molar-refractivity contribution in [1.29, 1.82) is 0 Å². The van der Waals surface area contributed by atoms with E-state index in [1.165, 1.54) is 116 Å². The lowest BCUT2D eigenvalue weighted by Crippen LogP contribution is -2.36. The molecule has 0 bridgehead atoms. The fourth-order valence-corrected chi connectivity index (χ4v) is 4.66. The van der Waals surface area contributed by atoms with Crippen LogP contribution in [-0.2, 0) is 4.79 Å². The third kappa shape index (κ3) is 14.6. The summed E-state index contributed by atoms with van der Waals surface area (Å²) in [5.74, 6) is 0.835. The van der Waals surface area contributed by atoms with Gasteiger partial charge in [-0.2, -0.15) is 0 Å². The minimum atomic E-state index is 0.110. The SMILES string of the molecule is CC1CCCCCCCCCCCCCCCCN(CC(C)(C)CC=O)CC1. The first-order valence-electron chi connectivity index (χ1n) is 12.7. The molecule has 2 heteroatoms. The molecule has 0 aliphatic carbocycles. The number of rotatable bonds is 4. The maximum Gasteiger partial charge on any atom is 0.120 e. The van der Waals surface area contributed by atoms with E-state index >= 15 is 0 Å². The van der Waals surface area contributed by atoms with Gasteiger partial charge in [-0.3, -0.25) is 0 Å². The van der Waals surface area contributed by atoms with Gasteiger partial charge in [0.25, 0.3) is 0 Å². The topological polar surface area (TPSA) is 20.3 Å². The highest BCUT2D eigenvalue weighted by Crippen LogP contribution is 2.23. The summed E-state index contributed by atoms with van der Waals surface area (Å²) in [4.78, 5) is 13.7. The first-order valence-corrected chi connectivity index (χ1v) is 12.7. The summed E-state index contributed by atoms with van der Waals surface area (Å²) in [6.07, 6.45) is 24.5. The first kappa shape index (κ1) is 25.7. The molecule has 1 heterocycles. The number of carbonyl (C=O) groups excluding carboxylic acids is 1. The maximum absolute atomic E-state index is 11.0. The summed E-state index contributed by atoms with van der Waals surface area (Å²) >= 11 is 0. The standard InChI is InChI=1S/C26H51NO/c1-25-18-16-14-12-10-8-6-4-5-7-9-11-13-15-17-21-27(22-19-25)24-26(2,3)20-23-28/h23,25H,4-22,24H2,1-3H3. The monoisotopic (exact) mass is 393 g/mol. The predicted molar refractivity (Wildman–Crippen MR) is 124 cm³/mol. The van der Waals surface area contributed by atoms with Crippen LogP contribution < -0.4 is 0 Å². The Kier molecular flexibility index (Phi) is 15.1. The maximum atomic E-state index is 11.0. The molecular weight excluding hydrogens is 342 g/mol. The highest BCUT2D eigenvalue weighted by molar-refractivity contribution is 5.50. The molecule has 1 fully saturated rings. The van der Waals surface area contributed by atoms with E-state index in [2.05, 4.69) is 25.7 Å². The average molecular weight is 394 g/mol. The van der Waals surface area contributed by atoms with Crippen molar-refractivity contribution < 1.29 is 4.79 Å². The molecular formula is C26H51NO. The highest BCUT2D eigenvalue weighted by Gasteiger charge is 2.21. The molecule has 0 aromatic carbocycles. The Labute approximate surface area is 177 Å². The molecule has 28 heavy (non-hydrogen) atoms. The second-order valence-electron chi connectivity index (χ2n) is 10.4. The Bertz CT molecular complexity index is 365. The van der Waals surface area contributed by atoms with Crippen molar-refractivity contribution in [2.75, 3.05) is 19.6 Å². The molecule has 0 saturated carbocycles. The molecule has 0 aromatic rings. The van der Waals surface area contributed by atoms with E-state index in [-0.39, 0.29) is 5.41 Å². The lowest BCUT2D eigenvalue weighted by Gasteiger charge is -2.32. The summed E-state index contributed by atoms with van der Waals surface area (Å²) in [7, 11) is 0. The van der Waals surface area contributed by atoms with Crippen LogP contribution in [0.15, 0.2) is 0 Å². The summed E-state index contributed by atoms with van der Waals surface area (Å²) in [5.41, 5.74) is 0.110. The van der Waals surface area contributed by atoms with Gasteiger partial charge >= 0.3 is 0 Å². The van der Waals surface area contributed by atoms with Crippen LogP contribution in [0.3, 0.4) is 0 Å². The Balaban J connectivity index is 2.45. The molecule has 1 aliphatic rings. The molecule has 0 radical (unpaired) electrons. The molecule has 166 valence electrons. The fourth-order valence-electron chi connectivity index (χ4n) is 4.66. The molecule has 1 aliphatic heterocycles. The van der Waals surface area contributed by atoms with Crippen LogP contribution in [0, 0.1) is 11.3 Å². The van der Waals surface area contributed by atoms with E-state index in [0.29, 0.717) is 6.42 Å². The molecule has 0 amide bonds. The van der Waals surface area contributed by atoms with E-state index in [9.17, 15) is 4.79 Å². The summed E-state index contributed by atoms with van der Waals surface area (Å²) in [6.45, 7) is 10.4. The summed E-state index contributed by atoms with van der Waals surface area (Å²) in [5, 5.41) is 0. The molecule has 0 spiro atoms. The second-order valence-corrected chi connectivity index (χ2v) is 10.4.